The number of anilines is 1. The molecule has 0 bridgehead atoms. The molecule has 9 nitrogen and oxygen atoms in total. The fourth-order valence-corrected chi connectivity index (χ4v) is 2.76. The molecule has 0 atom stereocenters. The number of nitrogens with zero attached hydrogens (tertiary/aromatic N) is 3. The van der Waals surface area contributed by atoms with Crippen LogP contribution < -0.4 is 10.1 Å². The van der Waals surface area contributed by atoms with Gasteiger partial charge in [0.15, 0.2) is 0 Å². The van der Waals surface area contributed by atoms with Crippen LogP contribution in [0.3, 0.4) is 0 Å². The summed E-state index contributed by atoms with van der Waals surface area (Å²) in [5.74, 6) is -0.470. The summed E-state index contributed by atoms with van der Waals surface area (Å²) >= 11 is 0.967. The van der Waals surface area contributed by atoms with Crippen LogP contribution in [0.2, 0.25) is 0 Å². The lowest BCUT2D eigenvalue weighted by molar-refractivity contribution is -0.384. The first kappa shape index (κ1) is 19.3. The molecule has 0 unspecified atom stereocenters. The van der Waals surface area contributed by atoms with Crippen molar-refractivity contribution in [1.82, 2.24) is 10.2 Å². The summed E-state index contributed by atoms with van der Waals surface area (Å²) in [6, 6.07) is 9.88. The van der Waals surface area contributed by atoms with Crippen molar-refractivity contribution in [1.29, 1.82) is 0 Å². The first-order valence-electron chi connectivity index (χ1n) is 7.81. The monoisotopic (exact) mass is 404 g/mol. The largest absolute Gasteiger partial charge is 0.497 e. The molecule has 0 aliphatic rings. The van der Waals surface area contributed by atoms with Crippen molar-refractivity contribution in [3.63, 3.8) is 0 Å². The maximum Gasteiger partial charge on any atom is 0.295 e. The number of nitro benzene ring substituents is 1. The van der Waals surface area contributed by atoms with Gasteiger partial charge in [0.2, 0.25) is 11.8 Å². The predicted molar refractivity (Wildman–Crippen MR) is 98.7 cm³/mol. The number of benzene rings is 2. The highest BCUT2D eigenvalue weighted by atomic mass is 32.2. The minimum absolute atomic E-state index is 0.0959. The fraction of sp³-hybridized carbons (Fsp3) is 0.118. The van der Waals surface area contributed by atoms with Gasteiger partial charge in [0.25, 0.3) is 10.9 Å². The van der Waals surface area contributed by atoms with Crippen LogP contribution in [0.15, 0.2) is 52.1 Å². The maximum absolute atomic E-state index is 13.1. The number of nitrogens with one attached hydrogen (secondary N) is 1. The average molecular weight is 404 g/mol. The van der Waals surface area contributed by atoms with Crippen LogP contribution in [0.5, 0.6) is 5.75 Å². The van der Waals surface area contributed by atoms with Gasteiger partial charge in [-0.25, -0.2) is 4.39 Å². The number of rotatable bonds is 7. The van der Waals surface area contributed by atoms with Crippen LogP contribution in [-0.4, -0.2) is 33.9 Å². The lowest BCUT2D eigenvalue weighted by atomic mass is 10.2. The van der Waals surface area contributed by atoms with Crippen LogP contribution >= 0.6 is 11.8 Å². The average Bonchev–Trinajstić information content (AvgIpc) is 3.17. The van der Waals surface area contributed by atoms with Gasteiger partial charge in [0.1, 0.15) is 17.3 Å². The standard InChI is InChI=1S/C17H13FN4O5S/c1-26-12-5-2-10(3-6-12)16-20-21-17(27-16)28-9-15(23)19-13-7-4-11(18)8-14(13)22(24)25/h2-8H,9H2,1H3,(H,19,23). The molecule has 1 heterocycles. The Bertz CT molecular complexity index is 1010. The number of carbonyl (C=O) groups is 1. The number of thioether (sulfide) groups is 1. The molecule has 0 saturated heterocycles. The zero-order valence-corrected chi connectivity index (χ0v) is 15.2. The molecule has 0 aliphatic carbocycles. The van der Waals surface area contributed by atoms with E-state index in [0.717, 1.165) is 30.0 Å². The fourth-order valence-electron chi connectivity index (χ4n) is 2.19. The first-order valence-corrected chi connectivity index (χ1v) is 8.79. The van der Waals surface area contributed by atoms with Crippen molar-refractivity contribution in [3.8, 4) is 17.2 Å². The second-order valence-electron chi connectivity index (χ2n) is 5.36. The zero-order chi connectivity index (χ0) is 20.1. The van der Waals surface area contributed by atoms with Gasteiger partial charge in [0.05, 0.1) is 23.9 Å². The predicted octanol–water partition coefficient (Wildman–Crippen LogP) is 3.52. The number of halogens is 1. The third kappa shape index (κ3) is 4.62. The van der Waals surface area contributed by atoms with E-state index in [9.17, 15) is 19.3 Å². The molecule has 3 rings (SSSR count). The van der Waals surface area contributed by atoms with Gasteiger partial charge in [-0.2, -0.15) is 0 Å². The number of hydrogen-bond acceptors (Lipinski definition) is 8. The van der Waals surface area contributed by atoms with Crippen LogP contribution in [0.25, 0.3) is 11.5 Å². The summed E-state index contributed by atoms with van der Waals surface area (Å²) in [5.41, 5.74) is 0.0610. The molecule has 0 spiro atoms. The Kier molecular flexibility index (Phi) is 5.84. The minimum atomic E-state index is -0.773. The third-order valence-electron chi connectivity index (χ3n) is 3.50. The van der Waals surface area contributed by atoms with Gasteiger partial charge < -0.3 is 14.5 Å². The van der Waals surface area contributed by atoms with E-state index in [2.05, 4.69) is 15.5 Å². The van der Waals surface area contributed by atoms with Gasteiger partial charge in [0, 0.05) is 5.56 Å². The van der Waals surface area contributed by atoms with Gasteiger partial charge in [-0.15, -0.1) is 10.2 Å². The van der Waals surface area contributed by atoms with Gasteiger partial charge in [-0.05, 0) is 36.4 Å². The summed E-state index contributed by atoms with van der Waals surface area (Å²) in [6.07, 6.45) is 0. The lowest BCUT2D eigenvalue weighted by Gasteiger charge is -2.05. The van der Waals surface area contributed by atoms with Gasteiger partial charge >= 0.3 is 0 Å². The number of ether oxygens (including phenoxy) is 1. The Labute approximate surface area is 162 Å². The topological polar surface area (TPSA) is 120 Å². The molecule has 0 fully saturated rings. The van der Waals surface area contributed by atoms with Crippen molar-refractivity contribution >= 4 is 29.0 Å². The van der Waals surface area contributed by atoms with Crippen molar-refractivity contribution in [2.75, 3.05) is 18.2 Å². The Morgan fingerprint density at radius 1 is 1.29 bits per heavy atom. The first-order chi connectivity index (χ1) is 13.5. The van der Waals surface area contributed by atoms with Crippen molar-refractivity contribution in [2.45, 2.75) is 5.22 Å². The molecule has 2 aromatic carbocycles. The number of carbonyl (C=O) groups excluding carboxylic acids is 1. The third-order valence-corrected chi connectivity index (χ3v) is 4.32. The van der Waals surface area contributed by atoms with E-state index in [1.54, 1.807) is 31.4 Å². The Morgan fingerprint density at radius 2 is 2.04 bits per heavy atom. The van der Waals surface area contributed by atoms with Crippen LogP contribution in [-0.2, 0) is 4.79 Å². The second-order valence-corrected chi connectivity index (χ2v) is 6.28. The molecular formula is C17H13FN4O5S. The number of methoxy groups -OCH3 is 1. The molecule has 1 N–H and O–H groups in total. The van der Waals surface area contributed by atoms with E-state index < -0.39 is 22.3 Å². The zero-order valence-electron chi connectivity index (χ0n) is 14.4. The van der Waals surface area contributed by atoms with Crippen LogP contribution in [0.1, 0.15) is 0 Å². The summed E-state index contributed by atoms with van der Waals surface area (Å²) in [7, 11) is 1.56. The molecular weight excluding hydrogens is 391 g/mol. The Hall–Kier alpha value is -3.47. The lowest BCUT2D eigenvalue weighted by Crippen LogP contribution is -2.15. The highest BCUT2D eigenvalue weighted by Crippen LogP contribution is 2.27. The number of amides is 1. The highest BCUT2D eigenvalue weighted by molar-refractivity contribution is 7.99. The summed E-state index contributed by atoms with van der Waals surface area (Å²) < 4.78 is 23.7. The quantitative estimate of drug-likeness (QED) is 0.361. The molecule has 11 heteroatoms. The van der Waals surface area contributed by atoms with Gasteiger partial charge in [-0.1, -0.05) is 11.8 Å². The SMILES string of the molecule is COc1ccc(-c2nnc(SCC(=O)Nc3ccc(F)cc3[N+](=O)[O-])o2)cc1. The highest BCUT2D eigenvalue weighted by Gasteiger charge is 2.18. The van der Waals surface area contributed by atoms with Crippen molar-refractivity contribution in [2.24, 2.45) is 0 Å². The molecule has 28 heavy (non-hydrogen) atoms. The molecule has 144 valence electrons. The molecule has 1 amide bonds. The Morgan fingerprint density at radius 3 is 2.71 bits per heavy atom. The Balaban J connectivity index is 1.61. The van der Waals surface area contributed by atoms with E-state index in [1.807, 2.05) is 0 Å². The number of nitro groups is 1. The van der Waals surface area contributed by atoms with Crippen LogP contribution in [0.4, 0.5) is 15.8 Å². The summed E-state index contributed by atoms with van der Waals surface area (Å²) in [4.78, 5) is 22.2. The molecule has 3 aromatic rings. The van der Waals surface area contributed by atoms with Crippen molar-refractivity contribution < 1.29 is 23.3 Å². The normalized spacial score (nSPS) is 10.5. The second kappa shape index (κ2) is 8.48. The van der Waals surface area contributed by atoms with Gasteiger partial charge in [-0.3, -0.25) is 14.9 Å². The minimum Gasteiger partial charge on any atom is -0.497 e. The maximum atomic E-state index is 13.1. The molecule has 1 aromatic heterocycles. The van der Waals surface area contributed by atoms with E-state index in [1.165, 1.54) is 0 Å². The van der Waals surface area contributed by atoms with Crippen molar-refractivity contribution in [3.05, 3.63) is 58.4 Å². The smallest absolute Gasteiger partial charge is 0.295 e. The number of aromatic nitrogens is 2. The summed E-state index contributed by atoms with van der Waals surface area (Å²) in [6.45, 7) is 0. The molecule has 0 radical (unpaired) electrons. The summed E-state index contributed by atoms with van der Waals surface area (Å²) in [5, 5.41) is 21.2. The molecule has 0 aliphatic heterocycles. The molecule has 0 saturated carbocycles. The van der Waals surface area contributed by atoms with Crippen LogP contribution in [0, 0.1) is 15.9 Å². The van der Waals surface area contributed by atoms with E-state index in [4.69, 9.17) is 9.15 Å². The van der Waals surface area contributed by atoms with E-state index in [0.29, 0.717) is 11.3 Å². The van der Waals surface area contributed by atoms with E-state index >= 15 is 0 Å². The number of hydrogen-bond donors (Lipinski definition) is 1. The van der Waals surface area contributed by atoms with E-state index in [-0.39, 0.29) is 22.6 Å².